The van der Waals surface area contributed by atoms with Crippen LogP contribution in [0.25, 0.3) is 0 Å². The lowest BCUT2D eigenvalue weighted by Gasteiger charge is -2.29. The van der Waals surface area contributed by atoms with Crippen molar-refractivity contribution < 1.29 is 13.2 Å². The van der Waals surface area contributed by atoms with Crippen LogP contribution in [0.1, 0.15) is 44.2 Å². The van der Waals surface area contributed by atoms with Gasteiger partial charge in [-0.25, -0.2) is 8.42 Å². The molecule has 0 fully saturated rings. The fourth-order valence-electron chi connectivity index (χ4n) is 3.43. The zero-order valence-electron chi connectivity index (χ0n) is 15.9. The van der Waals surface area contributed by atoms with Crippen LogP contribution in [0.2, 0.25) is 0 Å². The van der Waals surface area contributed by atoms with Crippen LogP contribution in [0.5, 0.6) is 0 Å². The summed E-state index contributed by atoms with van der Waals surface area (Å²) in [4.78, 5) is 14.2. The van der Waals surface area contributed by atoms with Gasteiger partial charge in [0.05, 0.1) is 4.90 Å². The maximum atomic E-state index is 12.7. The summed E-state index contributed by atoms with van der Waals surface area (Å²) in [5.41, 5.74) is 3.55. The van der Waals surface area contributed by atoms with E-state index >= 15 is 0 Å². The summed E-state index contributed by atoms with van der Waals surface area (Å²) in [5.74, 6) is 0.129. The minimum absolute atomic E-state index is 0.129. The number of rotatable bonds is 7. The third kappa shape index (κ3) is 4.33. The average Bonchev–Trinajstić information content (AvgIpc) is 2.65. The first kappa shape index (κ1) is 19.4. The van der Waals surface area contributed by atoms with E-state index in [1.165, 1.54) is 0 Å². The molecule has 0 spiro atoms. The molecule has 0 unspecified atom stereocenters. The number of amides is 1. The standard InChI is InChI=1S/C21H26N2O3S/c1-3-5-16-6-10-19(11-7-16)27(25,26)22-18-9-12-20-17(15-18)8-13-21(24)23(20)14-4-2/h6-7,9-12,15,22H,3-5,8,13-14H2,1-2H3. The van der Waals surface area contributed by atoms with E-state index in [1.807, 2.05) is 31.2 Å². The number of anilines is 2. The highest BCUT2D eigenvalue weighted by molar-refractivity contribution is 7.92. The Kier molecular flexibility index (Phi) is 5.85. The van der Waals surface area contributed by atoms with E-state index in [1.54, 1.807) is 23.1 Å². The summed E-state index contributed by atoms with van der Waals surface area (Å²) >= 11 is 0. The van der Waals surface area contributed by atoms with Gasteiger partial charge in [0.1, 0.15) is 0 Å². The van der Waals surface area contributed by atoms with Gasteiger partial charge in [-0.2, -0.15) is 0 Å². The van der Waals surface area contributed by atoms with Gasteiger partial charge in [0, 0.05) is 24.3 Å². The van der Waals surface area contributed by atoms with Crippen LogP contribution in [0.3, 0.4) is 0 Å². The number of carbonyl (C=O) groups is 1. The number of nitrogens with zero attached hydrogens (tertiary/aromatic N) is 1. The molecule has 27 heavy (non-hydrogen) atoms. The van der Waals surface area contributed by atoms with Crippen LogP contribution in [0.15, 0.2) is 47.4 Å². The molecule has 1 amide bonds. The topological polar surface area (TPSA) is 66.5 Å². The minimum Gasteiger partial charge on any atom is -0.312 e. The number of nitrogens with one attached hydrogen (secondary N) is 1. The Morgan fingerprint density at radius 2 is 1.74 bits per heavy atom. The van der Waals surface area contributed by atoms with E-state index in [2.05, 4.69) is 11.6 Å². The van der Waals surface area contributed by atoms with Gasteiger partial charge in [0.25, 0.3) is 10.0 Å². The fourth-order valence-corrected chi connectivity index (χ4v) is 4.48. The average molecular weight is 387 g/mol. The van der Waals surface area contributed by atoms with E-state index in [9.17, 15) is 13.2 Å². The minimum atomic E-state index is -3.64. The quantitative estimate of drug-likeness (QED) is 0.778. The predicted octanol–water partition coefficient (Wildman–Crippen LogP) is 4.13. The van der Waals surface area contributed by atoms with E-state index in [0.717, 1.165) is 36.1 Å². The third-order valence-electron chi connectivity index (χ3n) is 4.75. The van der Waals surface area contributed by atoms with Crippen molar-refractivity contribution >= 4 is 27.3 Å². The highest BCUT2D eigenvalue weighted by atomic mass is 32.2. The molecule has 6 heteroatoms. The molecule has 1 N–H and O–H groups in total. The highest BCUT2D eigenvalue weighted by Gasteiger charge is 2.24. The Bertz CT molecular complexity index is 921. The van der Waals surface area contributed by atoms with Crippen LogP contribution >= 0.6 is 0 Å². The lowest BCUT2D eigenvalue weighted by molar-refractivity contribution is -0.118. The lowest BCUT2D eigenvalue weighted by Crippen LogP contribution is -2.35. The molecule has 5 nitrogen and oxygen atoms in total. The molecule has 0 bridgehead atoms. The summed E-state index contributed by atoms with van der Waals surface area (Å²) in [6.45, 7) is 4.81. The number of hydrogen-bond donors (Lipinski definition) is 1. The van der Waals surface area contributed by atoms with Gasteiger partial charge in [-0.1, -0.05) is 32.4 Å². The molecule has 0 aromatic heterocycles. The third-order valence-corrected chi connectivity index (χ3v) is 6.15. The molecule has 3 rings (SSSR count). The Morgan fingerprint density at radius 3 is 2.41 bits per heavy atom. The molecule has 0 aliphatic carbocycles. The van der Waals surface area contributed by atoms with Crippen molar-refractivity contribution in [1.29, 1.82) is 0 Å². The van der Waals surface area contributed by atoms with Gasteiger partial charge in [-0.05, 0) is 60.7 Å². The first-order valence-corrected chi connectivity index (χ1v) is 11.0. The number of sulfonamides is 1. The van der Waals surface area contributed by atoms with Gasteiger partial charge in [-0.3, -0.25) is 9.52 Å². The first-order valence-electron chi connectivity index (χ1n) is 9.49. The second-order valence-corrected chi connectivity index (χ2v) is 8.57. The Morgan fingerprint density at radius 1 is 1.00 bits per heavy atom. The van der Waals surface area contributed by atoms with Crippen molar-refractivity contribution in [3.63, 3.8) is 0 Å². The van der Waals surface area contributed by atoms with Crippen LogP contribution in [-0.4, -0.2) is 20.9 Å². The van der Waals surface area contributed by atoms with Crippen molar-refractivity contribution in [2.45, 2.75) is 50.8 Å². The second kappa shape index (κ2) is 8.13. The molecule has 0 saturated carbocycles. The molecule has 144 valence electrons. The predicted molar refractivity (Wildman–Crippen MR) is 109 cm³/mol. The van der Waals surface area contributed by atoms with Crippen LogP contribution in [0.4, 0.5) is 11.4 Å². The summed E-state index contributed by atoms with van der Waals surface area (Å²) < 4.78 is 28.0. The lowest BCUT2D eigenvalue weighted by atomic mass is 10.0. The smallest absolute Gasteiger partial charge is 0.261 e. The van der Waals surface area contributed by atoms with Crippen molar-refractivity contribution in [1.82, 2.24) is 0 Å². The molecule has 1 heterocycles. The van der Waals surface area contributed by atoms with E-state index in [-0.39, 0.29) is 10.8 Å². The van der Waals surface area contributed by atoms with Gasteiger partial charge < -0.3 is 4.90 Å². The van der Waals surface area contributed by atoms with E-state index in [4.69, 9.17) is 0 Å². The van der Waals surface area contributed by atoms with Gasteiger partial charge >= 0.3 is 0 Å². The molecular weight excluding hydrogens is 360 g/mol. The normalized spacial score (nSPS) is 14.1. The molecule has 1 aliphatic heterocycles. The van der Waals surface area contributed by atoms with Crippen molar-refractivity contribution in [3.8, 4) is 0 Å². The Hall–Kier alpha value is -2.34. The molecule has 1 aliphatic rings. The molecule has 0 saturated heterocycles. The molecule has 2 aromatic carbocycles. The van der Waals surface area contributed by atoms with Crippen molar-refractivity contribution in [3.05, 3.63) is 53.6 Å². The van der Waals surface area contributed by atoms with E-state index < -0.39 is 10.0 Å². The zero-order valence-corrected chi connectivity index (χ0v) is 16.7. The second-order valence-electron chi connectivity index (χ2n) is 6.89. The van der Waals surface area contributed by atoms with Crippen molar-refractivity contribution in [2.75, 3.05) is 16.2 Å². The van der Waals surface area contributed by atoms with Gasteiger partial charge in [-0.15, -0.1) is 0 Å². The first-order chi connectivity index (χ1) is 12.9. The summed E-state index contributed by atoms with van der Waals surface area (Å²) in [6, 6.07) is 12.4. The summed E-state index contributed by atoms with van der Waals surface area (Å²) in [5, 5.41) is 0. The van der Waals surface area contributed by atoms with Crippen LogP contribution < -0.4 is 9.62 Å². The number of benzene rings is 2. The highest BCUT2D eigenvalue weighted by Crippen LogP contribution is 2.31. The zero-order chi connectivity index (χ0) is 19.4. The van der Waals surface area contributed by atoms with Crippen molar-refractivity contribution in [2.24, 2.45) is 0 Å². The number of aryl methyl sites for hydroxylation is 2. The Balaban J connectivity index is 1.82. The molecule has 0 atom stereocenters. The Labute approximate surface area is 161 Å². The number of hydrogen-bond acceptors (Lipinski definition) is 3. The fraction of sp³-hybridized carbons (Fsp3) is 0.381. The summed E-state index contributed by atoms with van der Waals surface area (Å²) in [6.07, 6.45) is 3.94. The SMILES string of the molecule is CCCc1ccc(S(=O)(=O)Nc2ccc3c(c2)CCC(=O)N3CCC)cc1. The maximum absolute atomic E-state index is 12.7. The summed E-state index contributed by atoms with van der Waals surface area (Å²) in [7, 11) is -3.64. The van der Waals surface area contributed by atoms with Crippen LogP contribution in [0, 0.1) is 0 Å². The van der Waals surface area contributed by atoms with Gasteiger partial charge in [0.2, 0.25) is 5.91 Å². The van der Waals surface area contributed by atoms with Crippen LogP contribution in [-0.2, 0) is 27.7 Å². The van der Waals surface area contributed by atoms with Gasteiger partial charge in [0.15, 0.2) is 0 Å². The maximum Gasteiger partial charge on any atom is 0.261 e. The monoisotopic (exact) mass is 386 g/mol. The molecule has 0 radical (unpaired) electrons. The molecule has 2 aromatic rings. The number of fused-ring (bicyclic) bond motifs is 1. The van der Waals surface area contributed by atoms with E-state index in [0.29, 0.717) is 25.1 Å². The number of carbonyl (C=O) groups excluding carboxylic acids is 1. The largest absolute Gasteiger partial charge is 0.312 e. The molecular formula is C21H26N2O3S.